The molecule has 1 fully saturated rings. The maximum atomic E-state index is 5.72. The number of hydrogen-bond donors (Lipinski definition) is 1. The van der Waals surface area contributed by atoms with Crippen LogP contribution in [0.3, 0.4) is 0 Å². The Kier molecular flexibility index (Phi) is 4.24. The average molecular weight is 234 g/mol. The van der Waals surface area contributed by atoms with E-state index in [0.29, 0.717) is 0 Å². The fraction of sp³-hybridized carbons (Fsp3) is 0.643. The fourth-order valence-corrected chi connectivity index (χ4v) is 2.05. The molecule has 1 N–H and O–H groups in total. The predicted octanol–water partition coefficient (Wildman–Crippen LogP) is 3.47. The Hall–Kier alpha value is -1.25. The number of rotatable bonds is 6. The lowest BCUT2D eigenvalue weighted by Crippen LogP contribution is -2.16. The van der Waals surface area contributed by atoms with Crippen LogP contribution in [0.15, 0.2) is 18.3 Å². The molecule has 0 saturated heterocycles. The van der Waals surface area contributed by atoms with E-state index in [4.69, 9.17) is 4.74 Å². The second-order valence-electron chi connectivity index (χ2n) is 5.03. The summed E-state index contributed by atoms with van der Waals surface area (Å²) in [5, 5.41) is 3.38. The molecule has 94 valence electrons. The van der Waals surface area contributed by atoms with Crippen LogP contribution in [0.25, 0.3) is 0 Å². The van der Waals surface area contributed by atoms with Crippen LogP contribution in [0.1, 0.15) is 39.5 Å². The van der Waals surface area contributed by atoms with Gasteiger partial charge in [0.1, 0.15) is 0 Å². The average Bonchev–Trinajstić information content (AvgIpc) is 2.23. The normalized spacial score (nSPS) is 15.7. The monoisotopic (exact) mass is 234 g/mol. The second-order valence-corrected chi connectivity index (χ2v) is 5.03. The standard InChI is InChI=1S/C14H22N2O/c1-11(2)17-13-7-4-9-15-14(13)16-10-8-12-5-3-6-12/h4,7,9,11-12H,3,5-6,8,10H2,1-2H3,(H,15,16). The molecule has 0 radical (unpaired) electrons. The Balaban J connectivity index is 1.85. The van der Waals surface area contributed by atoms with Crippen molar-refractivity contribution in [2.75, 3.05) is 11.9 Å². The predicted molar refractivity (Wildman–Crippen MR) is 70.4 cm³/mol. The third kappa shape index (κ3) is 3.62. The van der Waals surface area contributed by atoms with Gasteiger partial charge in [-0.2, -0.15) is 0 Å². The molecule has 2 rings (SSSR count). The molecule has 0 unspecified atom stereocenters. The molecule has 1 aromatic rings. The first kappa shape index (κ1) is 12.2. The zero-order valence-electron chi connectivity index (χ0n) is 10.8. The molecule has 1 aliphatic rings. The lowest BCUT2D eigenvalue weighted by atomic mass is 9.83. The van der Waals surface area contributed by atoms with Gasteiger partial charge in [-0.05, 0) is 38.3 Å². The zero-order valence-corrected chi connectivity index (χ0v) is 10.8. The first-order valence-corrected chi connectivity index (χ1v) is 6.61. The van der Waals surface area contributed by atoms with Gasteiger partial charge in [-0.3, -0.25) is 0 Å². The number of aromatic nitrogens is 1. The van der Waals surface area contributed by atoms with E-state index < -0.39 is 0 Å². The SMILES string of the molecule is CC(C)Oc1cccnc1NCCC1CCC1. The minimum atomic E-state index is 0.186. The van der Waals surface area contributed by atoms with E-state index in [1.165, 1.54) is 25.7 Å². The molecular weight excluding hydrogens is 212 g/mol. The van der Waals surface area contributed by atoms with Crippen LogP contribution in [0.5, 0.6) is 5.75 Å². The highest BCUT2D eigenvalue weighted by Crippen LogP contribution is 2.29. The largest absolute Gasteiger partial charge is 0.487 e. The van der Waals surface area contributed by atoms with E-state index in [2.05, 4.69) is 10.3 Å². The van der Waals surface area contributed by atoms with Crippen molar-refractivity contribution in [1.29, 1.82) is 0 Å². The van der Waals surface area contributed by atoms with Crippen LogP contribution in [-0.4, -0.2) is 17.6 Å². The van der Waals surface area contributed by atoms with Gasteiger partial charge in [-0.25, -0.2) is 4.98 Å². The third-order valence-corrected chi connectivity index (χ3v) is 3.20. The van der Waals surface area contributed by atoms with E-state index in [-0.39, 0.29) is 6.10 Å². The van der Waals surface area contributed by atoms with E-state index in [0.717, 1.165) is 24.0 Å². The van der Waals surface area contributed by atoms with Gasteiger partial charge in [0, 0.05) is 12.7 Å². The molecule has 1 aromatic heterocycles. The molecule has 1 heterocycles. The number of nitrogens with one attached hydrogen (secondary N) is 1. The van der Waals surface area contributed by atoms with Crippen LogP contribution >= 0.6 is 0 Å². The van der Waals surface area contributed by atoms with Crippen molar-refractivity contribution in [2.24, 2.45) is 5.92 Å². The Labute approximate surface area is 104 Å². The van der Waals surface area contributed by atoms with Gasteiger partial charge in [0.15, 0.2) is 11.6 Å². The van der Waals surface area contributed by atoms with Crippen LogP contribution in [0, 0.1) is 5.92 Å². The molecule has 1 saturated carbocycles. The summed E-state index contributed by atoms with van der Waals surface area (Å²) < 4.78 is 5.72. The molecule has 3 nitrogen and oxygen atoms in total. The van der Waals surface area contributed by atoms with Gasteiger partial charge >= 0.3 is 0 Å². The minimum absolute atomic E-state index is 0.186. The van der Waals surface area contributed by atoms with Gasteiger partial charge < -0.3 is 10.1 Å². The summed E-state index contributed by atoms with van der Waals surface area (Å²) in [6, 6.07) is 3.88. The lowest BCUT2D eigenvalue weighted by molar-refractivity contribution is 0.242. The van der Waals surface area contributed by atoms with E-state index >= 15 is 0 Å². The quantitative estimate of drug-likeness (QED) is 0.818. The number of anilines is 1. The van der Waals surface area contributed by atoms with Crippen LogP contribution < -0.4 is 10.1 Å². The van der Waals surface area contributed by atoms with Crippen molar-refractivity contribution in [1.82, 2.24) is 4.98 Å². The summed E-state index contributed by atoms with van der Waals surface area (Å²) in [7, 11) is 0. The Bertz CT molecular complexity index is 348. The van der Waals surface area contributed by atoms with Crippen LogP contribution in [0.4, 0.5) is 5.82 Å². The molecule has 0 aliphatic heterocycles. The first-order chi connectivity index (χ1) is 8.25. The van der Waals surface area contributed by atoms with Gasteiger partial charge in [0.25, 0.3) is 0 Å². The molecule has 0 amide bonds. The molecule has 0 bridgehead atoms. The van der Waals surface area contributed by atoms with E-state index in [1.54, 1.807) is 6.20 Å². The zero-order chi connectivity index (χ0) is 12.1. The number of hydrogen-bond acceptors (Lipinski definition) is 3. The highest BCUT2D eigenvalue weighted by atomic mass is 16.5. The highest BCUT2D eigenvalue weighted by Gasteiger charge is 2.16. The minimum Gasteiger partial charge on any atom is -0.487 e. The van der Waals surface area contributed by atoms with Crippen molar-refractivity contribution in [2.45, 2.75) is 45.6 Å². The third-order valence-electron chi connectivity index (χ3n) is 3.20. The van der Waals surface area contributed by atoms with Crippen LogP contribution in [0.2, 0.25) is 0 Å². The maximum Gasteiger partial charge on any atom is 0.168 e. The fourth-order valence-electron chi connectivity index (χ4n) is 2.05. The van der Waals surface area contributed by atoms with Crippen molar-refractivity contribution < 1.29 is 4.74 Å². The molecule has 0 atom stereocenters. The number of ether oxygens (including phenoxy) is 1. The number of nitrogens with zero attached hydrogens (tertiary/aromatic N) is 1. The lowest BCUT2D eigenvalue weighted by Gasteiger charge is -2.25. The van der Waals surface area contributed by atoms with E-state index in [9.17, 15) is 0 Å². The number of pyridine rings is 1. The van der Waals surface area contributed by atoms with Gasteiger partial charge in [-0.1, -0.05) is 19.3 Å². The first-order valence-electron chi connectivity index (χ1n) is 6.61. The molecule has 3 heteroatoms. The highest BCUT2D eigenvalue weighted by molar-refractivity contribution is 5.49. The van der Waals surface area contributed by atoms with Crippen molar-refractivity contribution in [3.05, 3.63) is 18.3 Å². The maximum absolute atomic E-state index is 5.72. The molecule has 0 spiro atoms. The Morgan fingerprint density at radius 3 is 2.94 bits per heavy atom. The summed E-state index contributed by atoms with van der Waals surface area (Å²) in [6.07, 6.45) is 7.46. The van der Waals surface area contributed by atoms with Gasteiger partial charge in [-0.15, -0.1) is 0 Å². The molecule has 0 aromatic carbocycles. The van der Waals surface area contributed by atoms with E-state index in [1.807, 2.05) is 26.0 Å². The second kappa shape index (κ2) is 5.89. The molecule has 17 heavy (non-hydrogen) atoms. The summed E-state index contributed by atoms with van der Waals surface area (Å²) in [5.74, 6) is 2.66. The summed E-state index contributed by atoms with van der Waals surface area (Å²) in [5.41, 5.74) is 0. The van der Waals surface area contributed by atoms with Crippen LogP contribution in [-0.2, 0) is 0 Å². The molecule has 1 aliphatic carbocycles. The Morgan fingerprint density at radius 1 is 1.47 bits per heavy atom. The van der Waals surface area contributed by atoms with Crippen molar-refractivity contribution >= 4 is 5.82 Å². The topological polar surface area (TPSA) is 34.1 Å². The van der Waals surface area contributed by atoms with Crippen molar-refractivity contribution in [3.8, 4) is 5.75 Å². The van der Waals surface area contributed by atoms with Gasteiger partial charge in [0.05, 0.1) is 6.10 Å². The summed E-state index contributed by atoms with van der Waals surface area (Å²) >= 11 is 0. The Morgan fingerprint density at radius 2 is 2.29 bits per heavy atom. The molecular formula is C14H22N2O. The summed E-state index contributed by atoms with van der Waals surface area (Å²) in [4.78, 5) is 4.34. The van der Waals surface area contributed by atoms with Gasteiger partial charge in [0.2, 0.25) is 0 Å². The smallest absolute Gasteiger partial charge is 0.168 e. The van der Waals surface area contributed by atoms with Crippen molar-refractivity contribution in [3.63, 3.8) is 0 Å². The summed E-state index contributed by atoms with van der Waals surface area (Å²) in [6.45, 7) is 5.06.